The zero-order chi connectivity index (χ0) is 14.5. The summed E-state index contributed by atoms with van der Waals surface area (Å²) in [5.41, 5.74) is 0.826. The molecule has 0 aliphatic rings. The molecule has 0 aliphatic carbocycles. The summed E-state index contributed by atoms with van der Waals surface area (Å²) < 4.78 is 10.6. The Morgan fingerprint density at radius 1 is 1.10 bits per heavy atom. The molecule has 0 saturated carbocycles. The van der Waals surface area contributed by atoms with E-state index in [1.54, 1.807) is 18.4 Å². The van der Waals surface area contributed by atoms with E-state index in [2.05, 4.69) is 15.5 Å². The molecule has 0 unspecified atom stereocenters. The molecule has 6 heteroatoms. The summed E-state index contributed by atoms with van der Waals surface area (Å²) >= 11 is 0. The van der Waals surface area contributed by atoms with Crippen LogP contribution in [0.15, 0.2) is 57.6 Å². The van der Waals surface area contributed by atoms with Gasteiger partial charge in [-0.15, -0.1) is 10.2 Å². The highest BCUT2D eigenvalue weighted by molar-refractivity contribution is 5.77. The van der Waals surface area contributed by atoms with Crippen LogP contribution in [0.3, 0.4) is 0 Å². The van der Waals surface area contributed by atoms with Gasteiger partial charge in [-0.25, -0.2) is 0 Å². The molecule has 0 spiro atoms. The summed E-state index contributed by atoms with van der Waals surface area (Å²) in [4.78, 5) is 11.8. The number of furan rings is 1. The highest BCUT2D eigenvalue weighted by atomic mass is 16.4. The van der Waals surface area contributed by atoms with Crippen LogP contribution in [0.4, 0.5) is 0 Å². The molecule has 3 aromatic rings. The van der Waals surface area contributed by atoms with Gasteiger partial charge in [-0.2, -0.15) is 0 Å². The molecule has 3 rings (SSSR count). The van der Waals surface area contributed by atoms with Gasteiger partial charge in [0, 0.05) is 5.56 Å². The molecule has 0 radical (unpaired) electrons. The van der Waals surface area contributed by atoms with E-state index in [1.807, 2.05) is 30.3 Å². The number of carbonyl (C=O) groups is 1. The van der Waals surface area contributed by atoms with E-state index in [0.29, 0.717) is 18.2 Å². The summed E-state index contributed by atoms with van der Waals surface area (Å²) in [6.07, 6.45) is 1.60. The summed E-state index contributed by atoms with van der Waals surface area (Å²) in [6.45, 7) is 0.339. The van der Waals surface area contributed by atoms with E-state index in [9.17, 15) is 4.79 Å². The first kappa shape index (κ1) is 13.1. The van der Waals surface area contributed by atoms with Gasteiger partial charge in [-0.05, 0) is 24.3 Å². The maximum atomic E-state index is 11.8. The Bertz CT molecular complexity index is 705. The lowest BCUT2D eigenvalue weighted by atomic mass is 10.2. The molecular formula is C15H13N3O3. The van der Waals surface area contributed by atoms with Gasteiger partial charge in [-0.3, -0.25) is 4.79 Å². The number of nitrogens with one attached hydrogen (secondary N) is 1. The fraction of sp³-hybridized carbons (Fsp3) is 0.133. The Hall–Kier alpha value is -2.89. The van der Waals surface area contributed by atoms with Gasteiger partial charge in [0.15, 0.2) is 0 Å². The normalized spacial score (nSPS) is 10.5. The molecule has 0 aliphatic heterocycles. The van der Waals surface area contributed by atoms with Crippen molar-refractivity contribution in [2.45, 2.75) is 13.0 Å². The first-order chi connectivity index (χ1) is 10.3. The molecule has 21 heavy (non-hydrogen) atoms. The second-order valence-corrected chi connectivity index (χ2v) is 4.40. The molecule has 1 N–H and O–H groups in total. The van der Waals surface area contributed by atoms with Crippen LogP contribution < -0.4 is 5.32 Å². The van der Waals surface area contributed by atoms with Gasteiger partial charge in [0.2, 0.25) is 17.7 Å². The minimum Gasteiger partial charge on any atom is -0.467 e. The van der Waals surface area contributed by atoms with Crippen molar-refractivity contribution in [1.29, 1.82) is 0 Å². The molecule has 6 nitrogen and oxygen atoms in total. The van der Waals surface area contributed by atoms with E-state index >= 15 is 0 Å². The Morgan fingerprint density at radius 2 is 1.95 bits per heavy atom. The minimum absolute atomic E-state index is 0.0422. The van der Waals surface area contributed by atoms with Gasteiger partial charge in [0.25, 0.3) is 0 Å². The molecule has 1 aromatic carbocycles. The fourth-order valence-electron chi connectivity index (χ4n) is 1.82. The van der Waals surface area contributed by atoms with Crippen LogP contribution in [0.1, 0.15) is 11.7 Å². The summed E-state index contributed by atoms with van der Waals surface area (Å²) in [5, 5.41) is 10.5. The molecule has 0 saturated heterocycles. The maximum absolute atomic E-state index is 11.8. The first-order valence-corrected chi connectivity index (χ1v) is 6.48. The zero-order valence-electron chi connectivity index (χ0n) is 11.2. The predicted molar refractivity (Wildman–Crippen MR) is 74.0 cm³/mol. The largest absolute Gasteiger partial charge is 0.467 e. The van der Waals surface area contributed by atoms with E-state index in [-0.39, 0.29) is 18.2 Å². The van der Waals surface area contributed by atoms with Crippen LogP contribution in [0.25, 0.3) is 11.5 Å². The number of hydrogen-bond acceptors (Lipinski definition) is 5. The van der Waals surface area contributed by atoms with Crippen LogP contribution >= 0.6 is 0 Å². The quantitative estimate of drug-likeness (QED) is 0.776. The Kier molecular flexibility index (Phi) is 3.77. The second-order valence-electron chi connectivity index (χ2n) is 4.40. The van der Waals surface area contributed by atoms with E-state index < -0.39 is 0 Å². The van der Waals surface area contributed by atoms with Gasteiger partial charge in [0.05, 0.1) is 12.8 Å². The molecule has 1 amide bonds. The number of nitrogens with zero attached hydrogens (tertiary/aromatic N) is 2. The Morgan fingerprint density at radius 3 is 2.71 bits per heavy atom. The number of aromatic nitrogens is 2. The fourth-order valence-corrected chi connectivity index (χ4v) is 1.82. The predicted octanol–water partition coefficient (Wildman–Crippen LogP) is 2.19. The average Bonchev–Trinajstić information content (AvgIpc) is 3.17. The monoisotopic (exact) mass is 283 g/mol. The Balaban J connectivity index is 1.58. The summed E-state index contributed by atoms with van der Waals surface area (Å²) in [6, 6.07) is 13.0. The third-order valence-corrected chi connectivity index (χ3v) is 2.84. The maximum Gasteiger partial charge on any atom is 0.247 e. The van der Waals surface area contributed by atoms with Crippen LogP contribution in [-0.4, -0.2) is 16.1 Å². The van der Waals surface area contributed by atoms with Crippen molar-refractivity contribution in [3.8, 4) is 11.5 Å². The standard InChI is InChI=1S/C15H13N3O3/c19-13(16-10-12-7-4-8-20-12)9-14-17-18-15(21-14)11-5-2-1-3-6-11/h1-8H,9-10H2,(H,16,19). The number of rotatable bonds is 5. The molecule has 2 heterocycles. The minimum atomic E-state index is -0.199. The molecule has 2 aromatic heterocycles. The van der Waals surface area contributed by atoms with Gasteiger partial charge in [-0.1, -0.05) is 18.2 Å². The smallest absolute Gasteiger partial charge is 0.247 e. The number of amides is 1. The highest BCUT2D eigenvalue weighted by Gasteiger charge is 2.12. The lowest BCUT2D eigenvalue weighted by Gasteiger charge is -2.00. The van der Waals surface area contributed by atoms with Crippen LogP contribution in [-0.2, 0) is 17.8 Å². The van der Waals surface area contributed by atoms with E-state index in [1.165, 1.54) is 0 Å². The lowest BCUT2D eigenvalue weighted by Crippen LogP contribution is -2.24. The van der Waals surface area contributed by atoms with Gasteiger partial charge in [0.1, 0.15) is 12.2 Å². The van der Waals surface area contributed by atoms with Crippen molar-refractivity contribution in [2.75, 3.05) is 0 Å². The topological polar surface area (TPSA) is 81.2 Å². The molecule has 0 atom stereocenters. The first-order valence-electron chi connectivity index (χ1n) is 6.48. The SMILES string of the molecule is O=C(Cc1nnc(-c2ccccc2)o1)NCc1ccco1. The van der Waals surface area contributed by atoms with Gasteiger partial charge >= 0.3 is 0 Å². The van der Waals surface area contributed by atoms with Crippen molar-refractivity contribution in [3.05, 3.63) is 60.4 Å². The van der Waals surface area contributed by atoms with Crippen molar-refractivity contribution < 1.29 is 13.6 Å². The highest BCUT2D eigenvalue weighted by Crippen LogP contribution is 2.16. The van der Waals surface area contributed by atoms with E-state index in [0.717, 1.165) is 5.56 Å². The number of carbonyl (C=O) groups excluding carboxylic acids is 1. The van der Waals surface area contributed by atoms with Crippen molar-refractivity contribution in [2.24, 2.45) is 0 Å². The number of benzene rings is 1. The van der Waals surface area contributed by atoms with Gasteiger partial charge < -0.3 is 14.2 Å². The van der Waals surface area contributed by atoms with Crippen molar-refractivity contribution >= 4 is 5.91 Å². The average molecular weight is 283 g/mol. The summed E-state index contributed by atoms with van der Waals surface area (Å²) in [7, 11) is 0. The number of hydrogen-bond donors (Lipinski definition) is 1. The second kappa shape index (κ2) is 6.04. The van der Waals surface area contributed by atoms with Crippen LogP contribution in [0, 0.1) is 0 Å². The van der Waals surface area contributed by atoms with Crippen molar-refractivity contribution in [1.82, 2.24) is 15.5 Å². The summed E-state index contributed by atoms with van der Waals surface area (Å²) in [5.74, 6) is 1.18. The third-order valence-electron chi connectivity index (χ3n) is 2.84. The van der Waals surface area contributed by atoms with Crippen LogP contribution in [0.5, 0.6) is 0 Å². The third kappa shape index (κ3) is 3.36. The molecule has 0 fully saturated rings. The zero-order valence-corrected chi connectivity index (χ0v) is 11.2. The Labute approximate surface area is 120 Å². The van der Waals surface area contributed by atoms with Crippen molar-refractivity contribution in [3.63, 3.8) is 0 Å². The van der Waals surface area contributed by atoms with E-state index in [4.69, 9.17) is 8.83 Å². The molecular weight excluding hydrogens is 270 g/mol. The molecule has 106 valence electrons. The molecule has 0 bridgehead atoms. The van der Waals surface area contributed by atoms with Crippen LogP contribution in [0.2, 0.25) is 0 Å². The lowest BCUT2D eigenvalue weighted by molar-refractivity contribution is -0.121.